The van der Waals surface area contributed by atoms with Crippen LogP contribution in [-0.2, 0) is 32.7 Å². The van der Waals surface area contributed by atoms with Crippen LogP contribution in [0.3, 0.4) is 0 Å². The number of esters is 2. The van der Waals surface area contributed by atoms with E-state index < -0.39 is 32.5 Å². The summed E-state index contributed by atoms with van der Waals surface area (Å²) >= 11 is 0. The molecule has 0 aromatic carbocycles. The fourth-order valence-corrected chi connectivity index (χ4v) is 8.43. The second kappa shape index (κ2) is 62.6. The average molecular weight is 1110 g/mol. The normalized spacial score (nSPS) is 14.2. The van der Waals surface area contributed by atoms with E-state index in [9.17, 15) is 19.0 Å². The van der Waals surface area contributed by atoms with Gasteiger partial charge in [0.1, 0.15) is 6.61 Å². The lowest BCUT2D eigenvalue weighted by atomic mass is 10.0. The molecule has 3 N–H and O–H groups in total. The van der Waals surface area contributed by atoms with Crippen molar-refractivity contribution in [1.82, 2.24) is 0 Å². The van der Waals surface area contributed by atoms with Crippen LogP contribution in [0.4, 0.5) is 0 Å². The molecule has 0 aromatic rings. The third kappa shape index (κ3) is 62.4. The molecule has 9 nitrogen and oxygen atoms in total. The summed E-state index contributed by atoms with van der Waals surface area (Å²) in [6.07, 6.45) is 92.8. The van der Waals surface area contributed by atoms with Gasteiger partial charge in [-0.05, 0) is 122 Å². The Morgan fingerprint density at radius 1 is 0.380 bits per heavy atom. The molecule has 0 bridgehead atoms. The monoisotopic (exact) mass is 1110 g/mol. The van der Waals surface area contributed by atoms with Crippen molar-refractivity contribution in [3.8, 4) is 0 Å². The van der Waals surface area contributed by atoms with Gasteiger partial charge in [0, 0.05) is 19.4 Å². The number of hydrogen-bond acceptors (Lipinski definition) is 8. The molecule has 2 unspecified atom stereocenters. The highest BCUT2D eigenvalue weighted by atomic mass is 31.2. The van der Waals surface area contributed by atoms with Crippen molar-refractivity contribution in [3.63, 3.8) is 0 Å². The molecule has 10 heteroatoms. The Morgan fingerprint density at radius 2 is 0.671 bits per heavy atom. The van der Waals surface area contributed by atoms with Gasteiger partial charge in [-0.25, -0.2) is 4.57 Å². The number of rotatable bonds is 55. The number of phosphoric acid groups is 1. The van der Waals surface area contributed by atoms with Gasteiger partial charge in [0.05, 0.1) is 13.2 Å². The van der Waals surface area contributed by atoms with Gasteiger partial charge in [-0.1, -0.05) is 255 Å². The van der Waals surface area contributed by atoms with Crippen molar-refractivity contribution in [2.24, 2.45) is 5.73 Å². The largest absolute Gasteiger partial charge is 0.472 e. The molecule has 0 aliphatic rings. The Labute approximate surface area is 482 Å². The minimum Gasteiger partial charge on any atom is -0.462 e. The molecule has 0 rings (SSSR count). The molecule has 0 aliphatic heterocycles. The number of ether oxygens (including phenoxy) is 2. The van der Waals surface area contributed by atoms with Gasteiger partial charge in [0.25, 0.3) is 0 Å². The van der Waals surface area contributed by atoms with Crippen molar-refractivity contribution in [1.29, 1.82) is 0 Å². The molecule has 0 aromatic heterocycles. The Bertz CT molecular complexity index is 1890. The summed E-state index contributed by atoms with van der Waals surface area (Å²) in [5, 5.41) is 0. The Balaban J connectivity index is 4.06. The highest BCUT2D eigenvalue weighted by molar-refractivity contribution is 7.47. The number of nitrogens with two attached hydrogens (primary N) is 1. The van der Waals surface area contributed by atoms with Gasteiger partial charge >= 0.3 is 19.8 Å². The van der Waals surface area contributed by atoms with Crippen molar-refractivity contribution >= 4 is 19.8 Å². The Kier molecular flexibility index (Phi) is 58.9. The van der Waals surface area contributed by atoms with E-state index in [1.54, 1.807) is 0 Å². The first kappa shape index (κ1) is 74.4. The number of carbonyl (C=O) groups excluding carboxylic acids is 2. The zero-order valence-electron chi connectivity index (χ0n) is 49.5. The quantitative estimate of drug-likeness (QED) is 0.0264. The lowest BCUT2D eigenvalue weighted by molar-refractivity contribution is -0.161. The van der Waals surface area contributed by atoms with Crippen LogP contribution in [-0.4, -0.2) is 49.3 Å². The summed E-state index contributed by atoms with van der Waals surface area (Å²) < 4.78 is 33.0. The standard InChI is InChI=1S/C69H110NO8P/c1-3-5-7-9-11-13-15-17-19-21-23-25-27-28-29-30-31-32-33-34-35-36-37-38-40-42-44-46-48-50-52-54-56-58-60-62-69(72)78-67(66-77-79(73,74)76-64-63-70)65-75-68(71)61-59-57-55-53-51-49-47-45-43-41-39-26-24-22-20-18-16-14-12-10-8-6-4-2/h5-8,11-14,17-20,23-26,28-29,31-32,34-35,41,43,47,49,53,55,67H,3-4,9-10,15-16,21-22,27,30,33,36-40,42,44-46,48,50-52,54,56-66,70H2,1-2H3,(H,73,74)/b7-5-,8-6-,13-11-,14-12-,19-17-,20-18-,25-23-,26-24-,29-28-,32-31-,35-34-,43-41-,49-47-,55-53-. The molecule has 79 heavy (non-hydrogen) atoms. The van der Waals surface area contributed by atoms with E-state index >= 15 is 0 Å². The average Bonchev–Trinajstić information content (AvgIpc) is 3.44. The lowest BCUT2D eigenvalue weighted by Gasteiger charge is -2.19. The molecular weight excluding hydrogens is 1000 g/mol. The zero-order chi connectivity index (χ0) is 57.3. The first-order valence-electron chi connectivity index (χ1n) is 30.6. The summed E-state index contributed by atoms with van der Waals surface area (Å²) in [4.78, 5) is 35.2. The highest BCUT2D eigenvalue weighted by Crippen LogP contribution is 2.43. The number of unbranched alkanes of at least 4 members (excludes halogenated alkanes) is 14. The summed E-state index contributed by atoms with van der Waals surface area (Å²) in [7, 11) is -4.42. The smallest absolute Gasteiger partial charge is 0.462 e. The van der Waals surface area contributed by atoms with Crippen LogP contribution in [0.25, 0.3) is 0 Å². The van der Waals surface area contributed by atoms with Crippen molar-refractivity contribution in [3.05, 3.63) is 170 Å². The van der Waals surface area contributed by atoms with E-state index in [2.05, 4.69) is 178 Å². The molecule has 0 saturated heterocycles. The van der Waals surface area contributed by atoms with Gasteiger partial charge < -0.3 is 20.1 Å². The van der Waals surface area contributed by atoms with E-state index in [1.165, 1.54) is 64.2 Å². The van der Waals surface area contributed by atoms with Crippen LogP contribution in [0.1, 0.15) is 219 Å². The molecule has 0 aliphatic carbocycles. The van der Waals surface area contributed by atoms with Crippen LogP contribution in [0.2, 0.25) is 0 Å². The topological polar surface area (TPSA) is 134 Å². The van der Waals surface area contributed by atoms with Gasteiger partial charge in [-0.15, -0.1) is 0 Å². The molecule has 0 spiro atoms. The van der Waals surface area contributed by atoms with Crippen LogP contribution >= 0.6 is 7.82 Å². The Hall–Kier alpha value is -4.63. The minimum absolute atomic E-state index is 0.0366. The van der Waals surface area contributed by atoms with E-state index in [0.29, 0.717) is 12.8 Å². The number of carbonyl (C=O) groups is 2. The van der Waals surface area contributed by atoms with Crippen molar-refractivity contribution in [2.75, 3.05) is 26.4 Å². The molecule has 0 amide bonds. The van der Waals surface area contributed by atoms with E-state index in [0.717, 1.165) is 116 Å². The SMILES string of the molecule is CC/C=C\C/C=C\C/C=C\C/C=C\C/C=C\C/C=C\C/C=C\CCCCCCCCCCCCCCCC(=O)OC(COC(=O)CCC/C=C\C/C=C\C/C=C\C/C=C\C/C=C\C/C=C\C/C=C\CC)COP(=O)(O)OCCN. The maximum atomic E-state index is 12.7. The Morgan fingerprint density at radius 3 is 1.01 bits per heavy atom. The van der Waals surface area contributed by atoms with Gasteiger partial charge in [0.15, 0.2) is 6.10 Å². The molecule has 444 valence electrons. The zero-order valence-corrected chi connectivity index (χ0v) is 50.4. The van der Waals surface area contributed by atoms with Gasteiger partial charge in [0.2, 0.25) is 0 Å². The van der Waals surface area contributed by atoms with Gasteiger partial charge in [-0.3, -0.25) is 18.6 Å². The predicted molar refractivity (Wildman–Crippen MR) is 339 cm³/mol. The second-order valence-corrected chi connectivity index (χ2v) is 20.9. The third-order valence-corrected chi connectivity index (χ3v) is 13.1. The molecule has 0 saturated carbocycles. The van der Waals surface area contributed by atoms with Crippen LogP contribution in [0, 0.1) is 0 Å². The first-order valence-corrected chi connectivity index (χ1v) is 32.1. The number of phosphoric ester groups is 1. The fourth-order valence-electron chi connectivity index (χ4n) is 7.66. The van der Waals surface area contributed by atoms with Crippen molar-refractivity contribution < 1.29 is 37.6 Å². The van der Waals surface area contributed by atoms with Crippen LogP contribution in [0.5, 0.6) is 0 Å². The first-order chi connectivity index (χ1) is 38.8. The summed E-state index contributed by atoms with van der Waals surface area (Å²) in [5.41, 5.74) is 5.38. The highest BCUT2D eigenvalue weighted by Gasteiger charge is 2.26. The summed E-state index contributed by atoms with van der Waals surface area (Å²) in [6.45, 7) is 3.43. The molecule has 0 fully saturated rings. The lowest BCUT2D eigenvalue weighted by Crippen LogP contribution is -2.29. The maximum Gasteiger partial charge on any atom is 0.472 e. The number of allylic oxidation sites excluding steroid dienone is 28. The molecule has 0 radical (unpaired) electrons. The fraction of sp³-hybridized carbons (Fsp3) is 0.565. The summed E-state index contributed by atoms with van der Waals surface area (Å²) in [5.74, 6) is -0.910. The van der Waals surface area contributed by atoms with E-state index in [4.69, 9.17) is 24.3 Å². The second-order valence-electron chi connectivity index (χ2n) is 19.5. The van der Waals surface area contributed by atoms with Crippen LogP contribution in [0.15, 0.2) is 170 Å². The van der Waals surface area contributed by atoms with Gasteiger partial charge in [-0.2, -0.15) is 0 Å². The molecular formula is C69H110NO8P. The van der Waals surface area contributed by atoms with E-state index in [1.807, 2.05) is 6.08 Å². The molecule has 0 heterocycles. The predicted octanol–water partition coefficient (Wildman–Crippen LogP) is 19.8. The third-order valence-electron chi connectivity index (χ3n) is 12.1. The minimum atomic E-state index is -4.42. The maximum absolute atomic E-state index is 12.7. The number of hydrogen-bond donors (Lipinski definition) is 2. The molecule has 2 atom stereocenters. The summed E-state index contributed by atoms with van der Waals surface area (Å²) in [6, 6.07) is 0. The van der Waals surface area contributed by atoms with Crippen LogP contribution < -0.4 is 5.73 Å². The van der Waals surface area contributed by atoms with E-state index in [-0.39, 0.29) is 32.6 Å². The van der Waals surface area contributed by atoms with Crippen molar-refractivity contribution in [2.45, 2.75) is 225 Å².